The van der Waals surface area contributed by atoms with Crippen LogP contribution in [0.3, 0.4) is 0 Å². The summed E-state index contributed by atoms with van der Waals surface area (Å²) in [6.07, 6.45) is 0.657. The fourth-order valence-electron chi connectivity index (χ4n) is 3.36. The lowest BCUT2D eigenvalue weighted by atomic mass is 9.96. The van der Waals surface area contributed by atoms with Gasteiger partial charge in [0.1, 0.15) is 11.5 Å². The van der Waals surface area contributed by atoms with Crippen LogP contribution in [0.15, 0.2) is 59.5 Å². The van der Waals surface area contributed by atoms with Gasteiger partial charge >= 0.3 is 0 Å². The van der Waals surface area contributed by atoms with Crippen molar-refractivity contribution in [1.82, 2.24) is 4.31 Å². The summed E-state index contributed by atoms with van der Waals surface area (Å²) in [4.78, 5) is 12.1. The zero-order chi connectivity index (χ0) is 21.3. The Morgan fingerprint density at radius 2 is 1.45 bits per heavy atom. The molecule has 2 N–H and O–H groups in total. The Balaban J connectivity index is 1.87. The van der Waals surface area contributed by atoms with Gasteiger partial charge in [0.15, 0.2) is 14.6 Å². The number of nitrogens with two attached hydrogens (primary N) is 1. The number of rotatable bonds is 6. The highest BCUT2D eigenvalue weighted by atomic mass is 32.2. The minimum Gasteiger partial charge on any atom is -0.457 e. The molecule has 0 aromatic heterocycles. The molecule has 2 aromatic carbocycles. The summed E-state index contributed by atoms with van der Waals surface area (Å²) >= 11 is 0. The molecule has 0 saturated carbocycles. The molecule has 1 amide bonds. The maximum Gasteiger partial charge on any atom is 0.239 e. The van der Waals surface area contributed by atoms with E-state index >= 15 is 0 Å². The van der Waals surface area contributed by atoms with Crippen LogP contribution in [-0.4, -0.2) is 51.1 Å². The summed E-state index contributed by atoms with van der Waals surface area (Å²) in [6, 6.07) is 14.7. The van der Waals surface area contributed by atoms with E-state index in [-0.39, 0.29) is 30.8 Å². The number of hydrogen-bond donors (Lipinski definition) is 1. The Labute approximate surface area is 170 Å². The largest absolute Gasteiger partial charge is 0.457 e. The second-order valence-electron chi connectivity index (χ2n) is 6.91. The van der Waals surface area contributed by atoms with Crippen LogP contribution in [0.25, 0.3) is 0 Å². The average Bonchev–Trinajstić information content (AvgIpc) is 2.68. The molecular formula is C19H22N2O6S2. The first-order valence-electron chi connectivity index (χ1n) is 8.89. The summed E-state index contributed by atoms with van der Waals surface area (Å²) in [6.45, 7) is -0.174. The van der Waals surface area contributed by atoms with Gasteiger partial charge in [-0.25, -0.2) is 21.1 Å². The lowest BCUT2D eigenvalue weighted by Gasteiger charge is -2.37. The molecule has 8 nitrogen and oxygen atoms in total. The van der Waals surface area contributed by atoms with Gasteiger partial charge in [0.05, 0.1) is 11.2 Å². The number of sulfonamides is 1. The lowest BCUT2D eigenvalue weighted by Crippen LogP contribution is -2.57. The van der Waals surface area contributed by atoms with Crippen molar-refractivity contribution in [3.8, 4) is 11.5 Å². The van der Waals surface area contributed by atoms with E-state index in [1.807, 2.05) is 18.2 Å². The van der Waals surface area contributed by atoms with Crippen molar-refractivity contribution >= 4 is 25.8 Å². The zero-order valence-corrected chi connectivity index (χ0v) is 17.4. The van der Waals surface area contributed by atoms with Gasteiger partial charge in [0.2, 0.25) is 15.9 Å². The standard InChI is InChI=1S/C19H22N2O6S2/c1-28(23,24)21-13-11-19(12-14-21,18(20)22)29(25,26)17-9-7-16(8-10-17)27-15-5-3-2-4-6-15/h2-10H,11-14H2,1H3,(H2,20,22). The highest BCUT2D eigenvalue weighted by Crippen LogP contribution is 2.36. The maximum atomic E-state index is 13.3. The van der Waals surface area contributed by atoms with E-state index in [1.165, 1.54) is 24.3 Å². The Morgan fingerprint density at radius 1 is 0.931 bits per heavy atom. The van der Waals surface area contributed by atoms with E-state index < -0.39 is 30.5 Å². The van der Waals surface area contributed by atoms with Gasteiger partial charge in [-0.15, -0.1) is 0 Å². The Kier molecular flexibility index (Phi) is 5.70. The number of primary amides is 1. The van der Waals surface area contributed by atoms with Gasteiger partial charge in [-0.1, -0.05) is 18.2 Å². The average molecular weight is 439 g/mol. The highest BCUT2D eigenvalue weighted by molar-refractivity contribution is 7.93. The van der Waals surface area contributed by atoms with Crippen molar-refractivity contribution in [2.24, 2.45) is 5.73 Å². The normalized spacial score (nSPS) is 17.6. The van der Waals surface area contributed by atoms with Crippen molar-refractivity contribution < 1.29 is 26.4 Å². The molecule has 0 spiro atoms. The molecule has 0 aliphatic carbocycles. The minimum atomic E-state index is -4.13. The number of carbonyl (C=O) groups is 1. The molecule has 1 fully saturated rings. The number of nitrogens with zero attached hydrogens (tertiary/aromatic N) is 1. The summed E-state index contributed by atoms with van der Waals surface area (Å²) in [5.41, 5.74) is 5.50. The number of ether oxygens (including phenoxy) is 1. The summed E-state index contributed by atoms with van der Waals surface area (Å²) in [5.74, 6) is 0.0651. The zero-order valence-electron chi connectivity index (χ0n) is 15.8. The predicted molar refractivity (Wildman–Crippen MR) is 108 cm³/mol. The summed E-state index contributed by atoms with van der Waals surface area (Å²) in [5, 5.41) is 0. The maximum absolute atomic E-state index is 13.3. The molecule has 10 heteroatoms. The Hall–Kier alpha value is -2.43. The number of carbonyl (C=O) groups excluding carboxylic acids is 1. The van der Waals surface area contributed by atoms with Crippen molar-refractivity contribution in [2.75, 3.05) is 19.3 Å². The second kappa shape index (κ2) is 7.77. The van der Waals surface area contributed by atoms with Crippen molar-refractivity contribution in [3.63, 3.8) is 0 Å². The van der Waals surface area contributed by atoms with E-state index in [0.29, 0.717) is 11.5 Å². The third kappa shape index (κ3) is 4.14. The second-order valence-corrected chi connectivity index (χ2v) is 11.2. The van der Waals surface area contributed by atoms with Gasteiger partial charge < -0.3 is 10.5 Å². The topological polar surface area (TPSA) is 124 Å². The highest BCUT2D eigenvalue weighted by Gasteiger charge is 2.52. The number of amides is 1. The van der Waals surface area contributed by atoms with Crippen LogP contribution >= 0.6 is 0 Å². The third-order valence-electron chi connectivity index (χ3n) is 5.08. The molecule has 3 rings (SSSR count). The predicted octanol–water partition coefficient (Wildman–Crippen LogP) is 1.53. The van der Waals surface area contributed by atoms with Gasteiger partial charge in [0, 0.05) is 13.1 Å². The van der Waals surface area contributed by atoms with Gasteiger partial charge in [0.25, 0.3) is 0 Å². The van der Waals surface area contributed by atoms with Crippen LogP contribution in [0.4, 0.5) is 0 Å². The quantitative estimate of drug-likeness (QED) is 0.729. The number of piperidine rings is 1. The van der Waals surface area contributed by atoms with E-state index in [1.54, 1.807) is 12.1 Å². The molecular weight excluding hydrogens is 416 g/mol. The molecule has 29 heavy (non-hydrogen) atoms. The molecule has 156 valence electrons. The van der Waals surface area contributed by atoms with Crippen LogP contribution in [0.1, 0.15) is 12.8 Å². The molecule has 1 aliphatic rings. The first-order valence-corrected chi connectivity index (χ1v) is 12.2. The number of sulfone groups is 1. The smallest absolute Gasteiger partial charge is 0.239 e. The molecule has 0 unspecified atom stereocenters. The van der Waals surface area contributed by atoms with E-state index in [0.717, 1.165) is 10.6 Å². The molecule has 0 bridgehead atoms. The van der Waals surface area contributed by atoms with Gasteiger partial charge in [-0.05, 0) is 49.2 Å². The fraction of sp³-hybridized carbons (Fsp3) is 0.316. The van der Waals surface area contributed by atoms with Gasteiger partial charge in [-0.3, -0.25) is 4.79 Å². The molecule has 0 atom stereocenters. The van der Waals surface area contributed by atoms with Crippen LogP contribution in [0.5, 0.6) is 11.5 Å². The lowest BCUT2D eigenvalue weighted by molar-refractivity contribution is -0.121. The first kappa shape index (κ1) is 21.3. The fourth-order valence-corrected chi connectivity index (χ4v) is 6.14. The van der Waals surface area contributed by atoms with E-state index in [4.69, 9.17) is 10.5 Å². The SMILES string of the molecule is CS(=O)(=O)N1CCC(C(N)=O)(S(=O)(=O)c2ccc(Oc3ccccc3)cc2)CC1. The molecule has 1 heterocycles. The molecule has 1 saturated heterocycles. The summed E-state index contributed by atoms with van der Waals surface area (Å²) in [7, 11) is -7.61. The van der Waals surface area contributed by atoms with Crippen LogP contribution in [0, 0.1) is 0 Å². The van der Waals surface area contributed by atoms with Crippen molar-refractivity contribution in [2.45, 2.75) is 22.5 Å². The molecule has 0 radical (unpaired) electrons. The van der Waals surface area contributed by atoms with E-state index in [2.05, 4.69) is 0 Å². The third-order valence-corrected chi connectivity index (χ3v) is 8.91. The van der Waals surface area contributed by atoms with Crippen LogP contribution < -0.4 is 10.5 Å². The number of para-hydroxylation sites is 1. The number of benzene rings is 2. The monoisotopic (exact) mass is 438 g/mol. The first-order chi connectivity index (χ1) is 13.6. The molecule has 1 aliphatic heterocycles. The van der Waals surface area contributed by atoms with Crippen LogP contribution in [-0.2, 0) is 24.7 Å². The van der Waals surface area contributed by atoms with Crippen LogP contribution in [0.2, 0.25) is 0 Å². The van der Waals surface area contributed by atoms with E-state index in [9.17, 15) is 21.6 Å². The van der Waals surface area contributed by atoms with Gasteiger partial charge in [-0.2, -0.15) is 0 Å². The minimum absolute atomic E-state index is 0.0653. The Morgan fingerprint density at radius 3 is 1.93 bits per heavy atom. The Bertz CT molecular complexity index is 1090. The number of hydrogen-bond acceptors (Lipinski definition) is 6. The summed E-state index contributed by atoms with van der Waals surface area (Å²) < 4.78 is 54.9. The van der Waals surface area contributed by atoms with Crippen molar-refractivity contribution in [1.29, 1.82) is 0 Å². The van der Waals surface area contributed by atoms with Crippen molar-refractivity contribution in [3.05, 3.63) is 54.6 Å². The molecule has 2 aromatic rings.